The largest absolute Gasteiger partial charge is 0.351 e. The molecule has 3 N–H and O–H groups in total. The van der Waals surface area contributed by atoms with Gasteiger partial charge in [0.05, 0.1) is 6.26 Å². The minimum atomic E-state index is -3.27. The van der Waals surface area contributed by atoms with Crippen molar-refractivity contribution in [1.82, 2.24) is 15.4 Å². The number of amides is 2. The van der Waals surface area contributed by atoms with Gasteiger partial charge in [0, 0.05) is 30.3 Å². The van der Waals surface area contributed by atoms with Crippen molar-refractivity contribution in [2.75, 3.05) is 19.3 Å². The lowest BCUT2D eigenvalue weighted by atomic mass is 9.97. The Kier molecular flexibility index (Phi) is 6.34. The number of aryl methyl sites for hydroxylation is 1. The molecule has 0 spiro atoms. The first-order chi connectivity index (χ1) is 13.7. The van der Waals surface area contributed by atoms with Crippen LogP contribution in [0, 0.1) is 6.92 Å². The van der Waals surface area contributed by atoms with E-state index < -0.39 is 10.0 Å². The van der Waals surface area contributed by atoms with Crippen LogP contribution in [0.2, 0.25) is 0 Å². The topological polar surface area (TPSA) is 104 Å². The van der Waals surface area contributed by atoms with E-state index in [1.165, 1.54) is 0 Å². The van der Waals surface area contributed by atoms with Crippen LogP contribution in [0.15, 0.2) is 42.5 Å². The maximum absolute atomic E-state index is 12.3. The van der Waals surface area contributed by atoms with Crippen LogP contribution in [0.3, 0.4) is 0 Å². The van der Waals surface area contributed by atoms with Gasteiger partial charge in [-0.05, 0) is 60.7 Å². The van der Waals surface area contributed by atoms with Gasteiger partial charge in [0.25, 0.3) is 11.8 Å². The highest BCUT2D eigenvalue weighted by molar-refractivity contribution is 7.88. The standard InChI is InChI=1S/C21H25N3O4S/c1-14-3-4-17(21(26)24-18-9-10-18)13-19(14)15-5-7-16(8-6-15)20(25)22-11-12-23-29(2,27)28/h3-8,13,18,23H,9-12H2,1-2H3,(H,22,25)(H,24,26). The summed E-state index contributed by atoms with van der Waals surface area (Å²) in [6, 6.07) is 13.0. The maximum Gasteiger partial charge on any atom is 0.251 e. The van der Waals surface area contributed by atoms with Gasteiger partial charge < -0.3 is 10.6 Å². The summed E-state index contributed by atoms with van der Waals surface area (Å²) in [5.41, 5.74) is 4.00. The zero-order valence-electron chi connectivity index (χ0n) is 16.5. The van der Waals surface area contributed by atoms with Gasteiger partial charge in [0.1, 0.15) is 0 Å². The number of rotatable bonds is 8. The molecule has 0 aromatic heterocycles. The third-order valence-corrected chi connectivity index (χ3v) is 5.37. The molecule has 0 aliphatic heterocycles. The van der Waals surface area contributed by atoms with E-state index in [0.717, 1.165) is 35.8 Å². The summed E-state index contributed by atoms with van der Waals surface area (Å²) >= 11 is 0. The molecule has 2 amide bonds. The van der Waals surface area contributed by atoms with E-state index >= 15 is 0 Å². The van der Waals surface area contributed by atoms with Crippen molar-refractivity contribution in [2.45, 2.75) is 25.8 Å². The molecule has 1 aliphatic carbocycles. The Bertz CT molecular complexity index is 1010. The van der Waals surface area contributed by atoms with Gasteiger partial charge in [-0.3, -0.25) is 9.59 Å². The van der Waals surface area contributed by atoms with Crippen LogP contribution in [0.5, 0.6) is 0 Å². The van der Waals surface area contributed by atoms with Crippen molar-refractivity contribution < 1.29 is 18.0 Å². The Hall–Kier alpha value is -2.71. The zero-order valence-corrected chi connectivity index (χ0v) is 17.3. The monoisotopic (exact) mass is 415 g/mol. The Morgan fingerprint density at radius 3 is 2.24 bits per heavy atom. The van der Waals surface area contributed by atoms with E-state index in [9.17, 15) is 18.0 Å². The summed E-state index contributed by atoms with van der Waals surface area (Å²) in [4.78, 5) is 24.5. The van der Waals surface area contributed by atoms with Crippen molar-refractivity contribution in [1.29, 1.82) is 0 Å². The SMILES string of the molecule is Cc1ccc(C(=O)NC2CC2)cc1-c1ccc(C(=O)NCCNS(C)(=O)=O)cc1. The predicted molar refractivity (Wildman–Crippen MR) is 112 cm³/mol. The normalized spacial score (nSPS) is 13.7. The summed E-state index contributed by atoms with van der Waals surface area (Å²) in [7, 11) is -3.27. The molecule has 7 nitrogen and oxygen atoms in total. The van der Waals surface area contributed by atoms with E-state index in [-0.39, 0.29) is 24.9 Å². The fourth-order valence-electron chi connectivity index (χ4n) is 2.89. The average Bonchev–Trinajstić information content (AvgIpc) is 3.49. The molecule has 0 saturated heterocycles. The lowest BCUT2D eigenvalue weighted by Gasteiger charge is -2.11. The molecule has 1 aliphatic rings. The molecule has 1 saturated carbocycles. The smallest absolute Gasteiger partial charge is 0.251 e. The molecule has 154 valence electrons. The van der Waals surface area contributed by atoms with Gasteiger partial charge in [0.2, 0.25) is 10.0 Å². The van der Waals surface area contributed by atoms with Crippen LogP contribution < -0.4 is 15.4 Å². The summed E-state index contributed by atoms with van der Waals surface area (Å²) in [5, 5.41) is 5.66. The van der Waals surface area contributed by atoms with Crippen molar-refractivity contribution in [3.8, 4) is 11.1 Å². The fourth-order valence-corrected chi connectivity index (χ4v) is 3.36. The second-order valence-electron chi connectivity index (χ2n) is 7.28. The number of benzene rings is 2. The van der Waals surface area contributed by atoms with E-state index in [0.29, 0.717) is 17.2 Å². The van der Waals surface area contributed by atoms with Crippen LogP contribution in [0.1, 0.15) is 39.1 Å². The van der Waals surface area contributed by atoms with Gasteiger partial charge in [0.15, 0.2) is 0 Å². The molecule has 2 aromatic rings. The van der Waals surface area contributed by atoms with Gasteiger partial charge in [-0.15, -0.1) is 0 Å². The van der Waals surface area contributed by atoms with E-state index in [4.69, 9.17) is 0 Å². The Balaban J connectivity index is 1.66. The minimum Gasteiger partial charge on any atom is -0.351 e. The molecule has 3 rings (SSSR count). The van der Waals surface area contributed by atoms with Crippen LogP contribution >= 0.6 is 0 Å². The number of sulfonamides is 1. The van der Waals surface area contributed by atoms with Gasteiger partial charge >= 0.3 is 0 Å². The average molecular weight is 416 g/mol. The number of hydrogen-bond acceptors (Lipinski definition) is 4. The summed E-state index contributed by atoms with van der Waals surface area (Å²) in [6.45, 7) is 2.32. The zero-order chi connectivity index (χ0) is 21.0. The molecule has 2 aromatic carbocycles. The lowest BCUT2D eigenvalue weighted by molar-refractivity contribution is 0.0944. The van der Waals surface area contributed by atoms with Crippen LogP contribution in [-0.2, 0) is 10.0 Å². The van der Waals surface area contributed by atoms with Gasteiger partial charge in [-0.1, -0.05) is 18.2 Å². The lowest BCUT2D eigenvalue weighted by Crippen LogP contribution is -2.34. The number of carbonyl (C=O) groups excluding carboxylic acids is 2. The predicted octanol–water partition coefficient (Wildman–Crippen LogP) is 1.83. The molecular weight excluding hydrogens is 390 g/mol. The number of nitrogens with one attached hydrogen (secondary N) is 3. The molecule has 0 atom stereocenters. The maximum atomic E-state index is 12.3. The van der Waals surface area contributed by atoms with Crippen molar-refractivity contribution in [3.05, 3.63) is 59.2 Å². The van der Waals surface area contributed by atoms with Crippen LogP contribution in [0.4, 0.5) is 0 Å². The molecule has 0 bridgehead atoms. The third-order valence-electron chi connectivity index (χ3n) is 4.65. The van der Waals surface area contributed by atoms with Crippen molar-refractivity contribution >= 4 is 21.8 Å². The second-order valence-corrected chi connectivity index (χ2v) is 9.11. The van der Waals surface area contributed by atoms with E-state index in [1.54, 1.807) is 12.1 Å². The summed E-state index contributed by atoms with van der Waals surface area (Å²) < 4.78 is 24.4. The highest BCUT2D eigenvalue weighted by atomic mass is 32.2. The fraction of sp³-hybridized carbons (Fsp3) is 0.333. The molecule has 1 fully saturated rings. The third kappa shape index (κ3) is 6.13. The highest BCUT2D eigenvalue weighted by Gasteiger charge is 2.24. The summed E-state index contributed by atoms with van der Waals surface area (Å²) in [5.74, 6) is -0.339. The Morgan fingerprint density at radius 2 is 1.62 bits per heavy atom. The molecule has 8 heteroatoms. The molecule has 29 heavy (non-hydrogen) atoms. The van der Waals surface area contributed by atoms with Crippen LogP contribution in [-0.4, -0.2) is 45.6 Å². The van der Waals surface area contributed by atoms with E-state index in [2.05, 4.69) is 15.4 Å². The summed E-state index contributed by atoms with van der Waals surface area (Å²) in [6.07, 6.45) is 3.15. The second kappa shape index (κ2) is 8.75. The highest BCUT2D eigenvalue weighted by Crippen LogP contribution is 2.26. The molecule has 0 heterocycles. The first-order valence-electron chi connectivity index (χ1n) is 9.48. The first kappa shape index (κ1) is 21.0. The van der Waals surface area contributed by atoms with Crippen molar-refractivity contribution in [3.63, 3.8) is 0 Å². The minimum absolute atomic E-state index is 0.0625. The molecule has 0 radical (unpaired) electrons. The number of carbonyl (C=O) groups is 2. The number of hydrogen-bond donors (Lipinski definition) is 3. The Labute approximate surface area is 171 Å². The van der Waals surface area contributed by atoms with Gasteiger partial charge in [-0.25, -0.2) is 13.1 Å². The first-order valence-corrected chi connectivity index (χ1v) is 11.4. The van der Waals surface area contributed by atoms with Crippen molar-refractivity contribution in [2.24, 2.45) is 0 Å². The quantitative estimate of drug-likeness (QED) is 0.572. The van der Waals surface area contributed by atoms with E-state index in [1.807, 2.05) is 37.3 Å². The Morgan fingerprint density at radius 1 is 0.966 bits per heavy atom. The van der Waals surface area contributed by atoms with Crippen LogP contribution in [0.25, 0.3) is 11.1 Å². The molecule has 0 unspecified atom stereocenters. The van der Waals surface area contributed by atoms with Gasteiger partial charge in [-0.2, -0.15) is 0 Å². The molecular formula is C21H25N3O4S.